The number of fused-ring (bicyclic) bond motifs is 10. The van der Waals surface area contributed by atoms with Gasteiger partial charge in [-0.05, 0) is 63.0 Å². The number of hydrogen-bond acceptors (Lipinski definition) is 6. The molecule has 3 heterocycles. The third-order valence-corrected chi connectivity index (χ3v) is 11.2. The molecule has 0 atom stereocenters. The fraction of sp³-hybridized carbons (Fsp3) is 0. The largest absolute Gasteiger partial charge is 0.456 e. The van der Waals surface area contributed by atoms with Crippen molar-refractivity contribution >= 4 is 65.4 Å². The molecule has 0 spiro atoms. The molecule has 0 bridgehead atoms. The quantitative estimate of drug-likeness (QED) is 0.163. The number of nitrogens with zero attached hydrogens (tertiary/aromatic N) is 4. The van der Waals surface area contributed by atoms with Crippen molar-refractivity contribution in [2.24, 2.45) is 0 Å². The van der Waals surface area contributed by atoms with E-state index in [1.54, 1.807) is 0 Å². The van der Waals surface area contributed by atoms with Crippen LogP contribution in [0.15, 0.2) is 191 Å². The van der Waals surface area contributed by atoms with Gasteiger partial charge in [-0.1, -0.05) is 152 Å². The van der Waals surface area contributed by atoms with Crippen molar-refractivity contribution in [3.63, 3.8) is 0 Å². The molecule has 0 saturated carbocycles. The van der Waals surface area contributed by atoms with Crippen LogP contribution in [0.5, 0.6) is 0 Å². The van der Waals surface area contributed by atoms with Crippen LogP contribution in [0, 0.1) is 0 Å². The second-order valence-corrected chi connectivity index (χ2v) is 14.6. The molecule has 270 valence electrons. The monoisotopic (exact) mass is 742 g/mol. The molecule has 6 heteroatoms. The molecule has 58 heavy (non-hydrogen) atoms. The lowest BCUT2D eigenvalue weighted by molar-refractivity contribution is 0.623. The van der Waals surface area contributed by atoms with Crippen LogP contribution in [0.3, 0.4) is 0 Å². The molecule has 0 fully saturated rings. The summed E-state index contributed by atoms with van der Waals surface area (Å²) in [5.41, 5.74) is 9.09. The molecule has 0 aliphatic rings. The first-order valence-corrected chi connectivity index (χ1v) is 19.3. The van der Waals surface area contributed by atoms with E-state index in [9.17, 15) is 0 Å². The van der Waals surface area contributed by atoms with Gasteiger partial charge in [-0.2, -0.15) is 0 Å². The fourth-order valence-electron chi connectivity index (χ4n) is 8.42. The van der Waals surface area contributed by atoms with Crippen LogP contribution in [-0.2, 0) is 0 Å². The summed E-state index contributed by atoms with van der Waals surface area (Å²) in [6, 6.07) is 62.3. The highest BCUT2D eigenvalue weighted by Gasteiger charge is 2.20. The van der Waals surface area contributed by atoms with Crippen LogP contribution >= 0.6 is 0 Å². The van der Waals surface area contributed by atoms with E-state index in [-0.39, 0.29) is 0 Å². The Morgan fingerprint density at radius 2 is 0.897 bits per heavy atom. The summed E-state index contributed by atoms with van der Waals surface area (Å²) in [5, 5.41) is 8.40. The molecule has 0 aliphatic heterocycles. The summed E-state index contributed by atoms with van der Waals surface area (Å²) in [6.45, 7) is 0. The van der Waals surface area contributed by atoms with E-state index < -0.39 is 0 Å². The van der Waals surface area contributed by atoms with E-state index in [0.29, 0.717) is 23.4 Å². The standard InChI is InChI=1S/C52H30N4O2/c1-3-11-31(12-4-1)32-21-25-35(26-22-32)49-54-50(56-51(55-49)41-18-10-20-44-47(41)40-15-7-8-19-43(40)57-44)39-17-9-16-38-37(39)29-27-33-23-24-34-28-30-42-48(46(34)45(33)38)58-52(53-42)36-13-5-2-6-14-36/h1-30H. The minimum Gasteiger partial charge on any atom is -0.456 e. The van der Waals surface area contributed by atoms with Crippen molar-refractivity contribution in [1.29, 1.82) is 0 Å². The number of rotatable bonds is 5. The molecule has 12 rings (SSSR count). The molecule has 0 aliphatic carbocycles. The van der Waals surface area contributed by atoms with Gasteiger partial charge in [0.2, 0.25) is 5.89 Å². The Hall–Kier alpha value is -7.96. The zero-order valence-corrected chi connectivity index (χ0v) is 30.9. The topological polar surface area (TPSA) is 77.8 Å². The van der Waals surface area contributed by atoms with Gasteiger partial charge in [0.15, 0.2) is 23.1 Å². The second kappa shape index (κ2) is 12.8. The highest BCUT2D eigenvalue weighted by atomic mass is 16.3. The summed E-state index contributed by atoms with van der Waals surface area (Å²) in [6.07, 6.45) is 0. The number of aromatic nitrogens is 4. The van der Waals surface area contributed by atoms with Crippen molar-refractivity contribution in [2.45, 2.75) is 0 Å². The number of para-hydroxylation sites is 1. The van der Waals surface area contributed by atoms with Gasteiger partial charge in [-0.25, -0.2) is 19.9 Å². The lowest BCUT2D eigenvalue weighted by Crippen LogP contribution is -2.01. The van der Waals surface area contributed by atoms with Gasteiger partial charge in [-0.3, -0.25) is 0 Å². The normalized spacial score (nSPS) is 11.8. The van der Waals surface area contributed by atoms with E-state index in [1.165, 1.54) is 0 Å². The zero-order valence-electron chi connectivity index (χ0n) is 30.9. The Bertz CT molecular complexity index is 3560. The molecule has 12 aromatic rings. The number of hydrogen-bond donors (Lipinski definition) is 0. The molecule has 9 aromatic carbocycles. The molecular weight excluding hydrogens is 713 g/mol. The van der Waals surface area contributed by atoms with Gasteiger partial charge >= 0.3 is 0 Å². The SMILES string of the molecule is c1ccc(-c2ccc(-c3nc(-c4cccc5c4ccc4ccc6ccc7nc(-c8ccccc8)oc7c6c45)nc(-c4cccc5oc6ccccc6c45)n3)cc2)cc1. The molecule has 0 amide bonds. The van der Waals surface area contributed by atoms with Crippen LogP contribution in [0.25, 0.3) is 122 Å². The van der Waals surface area contributed by atoms with Crippen LogP contribution in [0.2, 0.25) is 0 Å². The van der Waals surface area contributed by atoms with Gasteiger partial charge in [0.25, 0.3) is 0 Å². The van der Waals surface area contributed by atoms with Gasteiger partial charge in [0.05, 0.1) is 0 Å². The molecule has 3 aromatic heterocycles. The third kappa shape index (κ3) is 5.12. The van der Waals surface area contributed by atoms with Crippen LogP contribution in [0.4, 0.5) is 0 Å². The molecule has 6 nitrogen and oxygen atoms in total. The average Bonchev–Trinajstić information content (AvgIpc) is 3.91. The van der Waals surface area contributed by atoms with Gasteiger partial charge in [0, 0.05) is 43.8 Å². The van der Waals surface area contributed by atoms with Gasteiger partial charge < -0.3 is 8.83 Å². The number of benzene rings is 9. The summed E-state index contributed by atoms with van der Waals surface area (Å²) < 4.78 is 12.9. The van der Waals surface area contributed by atoms with E-state index in [0.717, 1.165) is 98.7 Å². The van der Waals surface area contributed by atoms with E-state index in [4.69, 9.17) is 28.8 Å². The van der Waals surface area contributed by atoms with Crippen molar-refractivity contribution in [3.05, 3.63) is 182 Å². The first-order valence-electron chi connectivity index (χ1n) is 19.3. The summed E-state index contributed by atoms with van der Waals surface area (Å²) in [5.74, 6) is 2.34. The smallest absolute Gasteiger partial charge is 0.227 e. The molecule has 0 saturated heterocycles. The van der Waals surface area contributed by atoms with Crippen molar-refractivity contribution in [1.82, 2.24) is 19.9 Å². The first-order chi connectivity index (χ1) is 28.7. The maximum Gasteiger partial charge on any atom is 0.227 e. The molecule has 0 radical (unpaired) electrons. The maximum absolute atomic E-state index is 6.61. The van der Waals surface area contributed by atoms with E-state index in [2.05, 4.69) is 109 Å². The predicted octanol–water partition coefficient (Wildman–Crippen LogP) is 13.7. The zero-order chi connectivity index (χ0) is 38.2. The minimum atomic E-state index is 0.573. The fourth-order valence-corrected chi connectivity index (χ4v) is 8.42. The highest BCUT2D eigenvalue weighted by Crippen LogP contribution is 2.41. The minimum absolute atomic E-state index is 0.573. The Morgan fingerprint density at radius 3 is 1.72 bits per heavy atom. The summed E-state index contributed by atoms with van der Waals surface area (Å²) in [7, 11) is 0. The average molecular weight is 743 g/mol. The van der Waals surface area contributed by atoms with Crippen molar-refractivity contribution in [2.75, 3.05) is 0 Å². The first kappa shape index (κ1) is 32.3. The lowest BCUT2D eigenvalue weighted by Gasteiger charge is -2.13. The Labute approximate surface area is 331 Å². The lowest BCUT2D eigenvalue weighted by atomic mass is 9.93. The predicted molar refractivity (Wildman–Crippen MR) is 234 cm³/mol. The molecule has 0 N–H and O–H groups in total. The van der Waals surface area contributed by atoms with Crippen LogP contribution < -0.4 is 0 Å². The van der Waals surface area contributed by atoms with Gasteiger partial charge in [-0.15, -0.1) is 0 Å². The van der Waals surface area contributed by atoms with E-state index >= 15 is 0 Å². The number of oxazole rings is 1. The van der Waals surface area contributed by atoms with Gasteiger partial charge in [0.1, 0.15) is 16.7 Å². The van der Waals surface area contributed by atoms with Crippen molar-refractivity contribution in [3.8, 4) is 56.7 Å². The van der Waals surface area contributed by atoms with E-state index in [1.807, 2.05) is 72.8 Å². The second-order valence-electron chi connectivity index (χ2n) is 14.6. The number of furan rings is 1. The third-order valence-electron chi connectivity index (χ3n) is 11.2. The Kier molecular flexibility index (Phi) is 7.13. The highest BCUT2D eigenvalue weighted by molar-refractivity contribution is 6.27. The Morgan fingerprint density at radius 1 is 0.310 bits per heavy atom. The summed E-state index contributed by atoms with van der Waals surface area (Å²) >= 11 is 0. The maximum atomic E-state index is 6.61. The Balaban J connectivity index is 1.10. The molecule has 0 unspecified atom stereocenters. The van der Waals surface area contributed by atoms with Crippen molar-refractivity contribution < 1.29 is 8.83 Å². The van der Waals surface area contributed by atoms with Crippen LogP contribution in [0.1, 0.15) is 0 Å². The summed E-state index contributed by atoms with van der Waals surface area (Å²) in [4.78, 5) is 20.6. The van der Waals surface area contributed by atoms with Crippen LogP contribution in [-0.4, -0.2) is 19.9 Å². The molecular formula is C52H30N4O2.